The van der Waals surface area contributed by atoms with E-state index >= 15 is 0 Å². The Morgan fingerprint density at radius 1 is 1.25 bits per heavy atom. The molecule has 1 N–H and O–H groups in total. The van der Waals surface area contributed by atoms with Crippen molar-refractivity contribution >= 4 is 19.4 Å². The molecule has 36 heavy (non-hydrogen) atoms. The summed E-state index contributed by atoms with van der Waals surface area (Å²) in [6.07, 6.45) is 11.2. The van der Waals surface area contributed by atoms with Crippen molar-refractivity contribution in [2.24, 2.45) is 0 Å². The molecule has 192 valence electrons. The van der Waals surface area contributed by atoms with E-state index in [-0.39, 0.29) is 24.6 Å². The highest BCUT2D eigenvalue weighted by Crippen LogP contribution is 2.34. The van der Waals surface area contributed by atoms with E-state index in [2.05, 4.69) is 60.3 Å². The van der Waals surface area contributed by atoms with Crippen LogP contribution in [0.2, 0.25) is 25.7 Å². The number of rotatable bonds is 10. The van der Waals surface area contributed by atoms with Crippen molar-refractivity contribution in [3.8, 4) is 6.07 Å². The fourth-order valence-electron chi connectivity index (χ4n) is 5.12. The molecule has 2 aliphatic rings. The standard InChI is InChI=1S/C29H40N4O2Si/c1-36(2,3)16-15-35-21-33-20-26(19-30)32-29(33)28(34)18-25-10-9-24(22-11-13-31-14-12-22)17-27(25)23-7-5-4-6-8-23/h7,9-10,17,20,22,31H,4-6,8,11-16,18,21H2,1-3H3. The zero-order valence-electron chi connectivity index (χ0n) is 22.1. The summed E-state index contributed by atoms with van der Waals surface area (Å²) in [4.78, 5) is 17.9. The second-order valence-electron chi connectivity index (χ2n) is 11.4. The minimum absolute atomic E-state index is 0.0717. The van der Waals surface area contributed by atoms with Gasteiger partial charge < -0.3 is 14.6 Å². The molecule has 1 aromatic heterocycles. The maximum atomic E-state index is 13.5. The molecule has 0 unspecified atom stereocenters. The van der Waals surface area contributed by atoms with E-state index in [4.69, 9.17) is 4.74 Å². The van der Waals surface area contributed by atoms with E-state index in [0.717, 1.165) is 50.4 Å². The Balaban J connectivity index is 1.56. The number of allylic oxidation sites excluding steroid dienone is 2. The van der Waals surface area contributed by atoms with Gasteiger partial charge in [-0.15, -0.1) is 0 Å². The molecule has 1 aliphatic carbocycles. The van der Waals surface area contributed by atoms with Crippen molar-refractivity contribution in [1.82, 2.24) is 14.9 Å². The molecule has 1 fully saturated rings. The molecule has 2 heterocycles. The van der Waals surface area contributed by atoms with E-state index in [1.165, 1.54) is 29.5 Å². The van der Waals surface area contributed by atoms with Crippen LogP contribution in [0.25, 0.3) is 5.57 Å². The lowest BCUT2D eigenvalue weighted by molar-refractivity contribution is 0.0799. The summed E-state index contributed by atoms with van der Waals surface area (Å²) in [7, 11) is -1.20. The van der Waals surface area contributed by atoms with Gasteiger partial charge in [-0.1, -0.05) is 43.9 Å². The molecule has 2 aromatic rings. The molecular weight excluding hydrogens is 464 g/mol. The number of carbonyl (C=O) groups is 1. The third-order valence-electron chi connectivity index (χ3n) is 7.30. The average Bonchev–Trinajstić information content (AvgIpc) is 3.31. The third kappa shape index (κ3) is 7.03. The lowest BCUT2D eigenvalue weighted by atomic mass is 9.84. The first-order valence-electron chi connectivity index (χ1n) is 13.5. The van der Waals surface area contributed by atoms with Crippen LogP contribution in [0.5, 0.6) is 0 Å². The van der Waals surface area contributed by atoms with Gasteiger partial charge in [-0.25, -0.2) is 4.98 Å². The van der Waals surface area contributed by atoms with E-state index < -0.39 is 8.07 Å². The normalized spacial score (nSPS) is 17.0. The summed E-state index contributed by atoms with van der Waals surface area (Å²) in [5.41, 5.74) is 5.29. The number of nitriles is 1. The smallest absolute Gasteiger partial charge is 0.202 e. The predicted molar refractivity (Wildman–Crippen MR) is 147 cm³/mol. The number of benzene rings is 1. The van der Waals surface area contributed by atoms with Crippen LogP contribution < -0.4 is 5.32 Å². The van der Waals surface area contributed by atoms with Crippen molar-refractivity contribution in [3.05, 3.63) is 58.7 Å². The zero-order chi connectivity index (χ0) is 25.5. The Hall–Kier alpha value is -2.53. The number of nitrogens with zero attached hydrogens (tertiary/aromatic N) is 3. The molecular formula is C29H40N4O2Si. The number of Topliss-reactive ketones (excluding diaryl/α,β-unsaturated/α-hetero) is 1. The zero-order valence-corrected chi connectivity index (χ0v) is 23.1. The largest absolute Gasteiger partial charge is 0.361 e. The van der Waals surface area contributed by atoms with Gasteiger partial charge in [-0.05, 0) is 85.8 Å². The fourth-order valence-corrected chi connectivity index (χ4v) is 5.88. The summed E-state index contributed by atoms with van der Waals surface area (Å²) in [5.74, 6) is 0.812. The highest BCUT2D eigenvalue weighted by Gasteiger charge is 2.22. The molecule has 1 aromatic carbocycles. The van der Waals surface area contributed by atoms with Gasteiger partial charge in [0.05, 0.1) is 0 Å². The average molecular weight is 505 g/mol. The number of hydrogen-bond donors (Lipinski definition) is 1. The summed E-state index contributed by atoms with van der Waals surface area (Å²) in [5, 5.41) is 12.9. The number of carbonyl (C=O) groups excluding carboxylic acids is 1. The van der Waals surface area contributed by atoms with E-state index in [0.29, 0.717) is 18.3 Å². The molecule has 4 rings (SSSR count). The van der Waals surface area contributed by atoms with Crippen molar-refractivity contribution in [3.63, 3.8) is 0 Å². The van der Waals surface area contributed by atoms with Gasteiger partial charge >= 0.3 is 0 Å². The number of nitrogens with one attached hydrogen (secondary N) is 1. The van der Waals surface area contributed by atoms with Crippen LogP contribution in [0, 0.1) is 11.3 Å². The number of ether oxygens (including phenoxy) is 1. The SMILES string of the molecule is C[Si](C)(C)CCOCn1cc(C#N)nc1C(=O)Cc1ccc(C2CCNCC2)cc1C1=CCCCC1. The Morgan fingerprint density at radius 2 is 2.06 bits per heavy atom. The van der Waals surface area contributed by atoms with Crippen LogP contribution in [0.3, 0.4) is 0 Å². The second-order valence-corrected chi connectivity index (χ2v) is 17.0. The van der Waals surface area contributed by atoms with Crippen LogP contribution in [-0.4, -0.2) is 43.1 Å². The van der Waals surface area contributed by atoms with Crippen LogP contribution in [-0.2, 0) is 17.9 Å². The van der Waals surface area contributed by atoms with E-state index in [1.807, 2.05) is 0 Å². The molecule has 6 nitrogen and oxygen atoms in total. The summed E-state index contributed by atoms with van der Waals surface area (Å²) >= 11 is 0. The van der Waals surface area contributed by atoms with E-state index in [1.54, 1.807) is 10.8 Å². The molecule has 1 saturated heterocycles. The molecule has 7 heteroatoms. The molecule has 0 spiro atoms. The maximum Gasteiger partial charge on any atom is 0.202 e. The van der Waals surface area contributed by atoms with Gasteiger partial charge in [-0.2, -0.15) is 5.26 Å². The van der Waals surface area contributed by atoms with Gasteiger partial charge in [0.1, 0.15) is 12.8 Å². The highest BCUT2D eigenvalue weighted by atomic mass is 28.3. The van der Waals surface area contributed by atoms with Crippen molar-refractivity contribution in [1.29, 1.82) is 5.26 Å². The summed E-state index contributed by atoms with van der Waals surface area (Å²) in [6.45, 7) is 9.96. The van der Waals surface area contributed by atoms with Crippen molar-refractivity contribution in [2.75, 3.05) is 19.7 Å². The van der Waals surface area contributed by atoms with Crippen molar-refractivity contribution < 1.29 is 9.53 Å². The number of imidazole rings is 1. The molecule has 0 atom stereocenters. The molecule has 0 bridgehead atoms. The van der Waals surface area contributed by atoms with Gasteiger partial charge in [-0.3, -0.25) is 4.79 Å². The summed E-state index contributed by atoms with van der Waals surface area (Å²) in [6, 6.07) is 9.86. The molecule has 0 amide bonds. The number of piperidine rings is 1. The first-order valence-corrected chi connectivity index (χ1v) is 17.2. The predicted octanol–water partition coefficient (Wildman–Crippen LogP) is 5.92. The maximum absolute atomic E-state index is 13.5. The van der Waals surface area contributed by atoms with Gasteiger partial charge in [0, 0.05) is 27.3 Å². The fraction of sp³-hybridized carbons (Fsp3) is 0.552. The van der Waals surface area contributed by atoms with Crippen LogP contribution >= 0.6 is 0 Å². The lowest BCUT2D eigenvalue weighted by Gasteiger charge is -2.25. The van der Waals surface area contributed by atoms with Gasteiger partial charge in [0.25, 0.3) is 0 Å². The van der Waals surface area contributed by atoms with Crippen LogP contribution in [0.1, 0.15) is 77.4 Å². The Bertz CT molecular complexity index is 1130. The third-order valence-corrected chi connectivity index (χ3v) is 9.00. The second kappa shape index (κ2) is 12.1. The Morgan fingerprint density at radius 3 is 2.75 bits per heavy atom. The van der Waals surface area contributed by atoms with Crippen LogP contribution in [0.15, 0.2) is 30.5 Å². The summed E-state index contributed by atoms with van der Waals surface area (Å²) < 4.78 is 7.58. The lowest BCUT2D eigenvalue weighted by Crippen LogP contribution is -2.26. The number of hydrogen-bond acceptors (Lipinski definition) is 5. The monoisotopic (exact) mass is 504 g/mol. The first-order chi connectivity index (χ1) is 17.3. The quantitative estimate of drug-likeness (QED) is 0.247. The number of aromatic nitrogens is 2. The minimum atomic E-state index is -1.20. The topological polar surface area (TPSA) is 79.9 Å². The van der Waals surface area contributed by atoms with Crippen molar-refractivity contribution in [2.45, 2.75) is 83.3 Å². The van der Waals surface area contributed by atoms with Gasteiger partial charge in [0.15, 0.2) is 11.5 Å². The van der Waals surface area contributed by atoms with Crippen LogP contribution in [0.4, 0.5) is 0 Å². The Labute approximate surface area is 216 Å². The first kappa shape index (κ1) is 26.5. The van der Waals surface area contributed by atoms with E-state index in [9.17, 15) is 10.1 Å². The number of ketones is 1. The molecule has 1 aliphatic heterocycles. The van der Waals surface area contributed by atoms with Gasteiger partial charge in [0.2, 0.25) is 5.78 Å². The Kier molecular flexibility index (Phi) is 8.94. The molecule has 0 saturated carbocycles. The minimum Gasteiger partial charge on any atom is -0.361 e. The highest BCUT2D eigenvalue weighted by molar-refractivity contribution is 6.76. The molecule has 0 radical (unpaired) electrons.